The fraction of sp³-hybridized carbons (Fsp3) is 0.250. The number of benzene rings is 1. The lowest BCUT2D eigenvalue weighted by molar-refractivity contribution is -0.120. The Hall–Kier alpha value is -2.25. The molecule has 0 saturated carbocycles. The van der Waals surface area contributed by atoms with E-state index in [-0.39, 0.29) is 17.2 Å². The number of amides is 1. The number of aromatic nitrogens is 1. The zero-order valence-electron chi connectivity index (χ0n) is 13.1. The molecule has 23 heavy (non-hydrogen) atoms. The molecule has 0 aliphatic heterocycles. The van der Waals surface area contributed by atoms with Crippen molar-refractivity contribution in [3.63, 3.8) is 0 Å². The summed E-state index contributed by atoms with van der Waals surface area (Å²) in [6.45, 7) is 0.416. The smallest absolute Gasteiger partial charge is 0.242 e. The molecule has 0 atom stereocenters. The largest absolute Gasteiger partial charge is 0.352 e. The molecule has 0 radical (unpaired) electrons. The summed E-state index contributed by atoms with van der Waals surface area (Å²) in [5.41, 5.74) is 1.68. The van der Waals surface area contributed by atoms with E-state index in [0.717, 1.165) is 15.4 Å². The lowest BCUT2D eigenvalue weighted by Gasteiger charge is -2.11. The second kappa shape index (κ2) is 7.34. The zero-order chi connectivity index (χ0) is 16.9. The van der Waals surface area contributed by atoms with Crippen LogP contribution in [0.3, 0.4) is 0 Å². The average Bonchev–Trinajstić information content (AvgIpc) is 2.54. The van der Waals surface area contributed by atoms with Crippen LogP contribution in [-0.2, 0) is 27.8 Å². The molecule has 2 aromatic rings. The van der Waals surface area contributed by atoms with Crippen LogP contribution in [0.1, 0.15) is 11.1 Å². The molecule has 1 amide bonds. The van der Waals surface area contributed by atoms with Gasteiger partial charge in [0.15, 0.2) is 0 Å². The van der Waals surface area contributed by atoms with Crippen molar-refractivity contribution in [1.29, 1.82) is 0 Å². The molecule has 1 N–H and O–H groups in total. The number of nitrogens with one attached hydrogen (secondary N) is 1. The second-order valence-corrected chi connectivity index (χ2v) is 7.40. The van der Waals surface area contributed by atoms with Crippen LogP contribution in [0.5, 0.6) is 0 Å². The van der Waals surface area contributed by atoms with Crippen LogP contribution >= 0.6 is 0 Å². The van der Waals surface area contributed by atoms with E-state index in [0.29, 0.717) is 6.54 Å². The molecular formula is C16H19N3O3S. The highest BCUT2D eigenvalue weighted by atomic mass is 32.2. The molecule has 0 aliphatic carbocycles. The van der Waals surface area contributed by atoms with Gasteiger partial charge in [0.25, 0.3) is 0 Å². The summed E-state index contributed by atoms with van der Waals surface area (Å²) in [4.78, 5) is 16.1. The zero-order valence-corrected chi connectivity index (χ0v) is 13.9. The topological polar surface area (TPSA) is 79.4 Å². The van der Waals surface area contributed by atoms with Gasteiger partial charge in [-0.15, -0.1) is 0 Å². The van der Waals surface area contributed by atoms with Crippen molar-refractivity contribution >= 4 is 15.9 Å². The van der Waals surface area contributed by atoms with Gasteiger partial charge in [0.1, 0.15) is 0 Å². The van der Waals surface area contributed by atoms with Crippen LogP contribution in [0.4, 0.5) is 0 Å². The highest BCUT2D eigenvalue weighted by Gasteiger charge is 2.16. The minimum absolute atomic E-state index is 0.128. The number of carbonyl (C=O) groups excluding carboxylic acids is 1. The Balaban J connectivity index is 1.94. The van der Waals surface area contributed by atoms with Gasteiger partial charge in [0, 0.05) is 33.0 Å². The van der Waals surface area contributed by atoms with Crippen LogP contribution in [0.25, 0.3) is 0 Å². The molecular weight excluding hydrogens is 314 g/mol. The Labute approximate surface area is 136 Å². The molecule has 0 spiro atoms. The first-order chi connectivity index (χ1) is 10.9. The third-order valence-electron chi connectivity index (χ3n) is 3.28. The standard InChI is InChI=1S/C16H19N3O3S/c1-19(2)23(21,22)15-7-5-13(6-8-15)10-16(20)18-12-14-4-3-9-17-11-14/h3-9,11H,10,12H2,1-2H3,(H,18,20). The Kier molecular flexibility index (Phi) is 5.46. The highest BCUT2D eigenvalue weighted by molar-refractivity contribution is 7.89. The van der Waals surface area contributed by atoms with Gasteiger partial charge in [-0.05, 0) is 29.3 Å². The number of hydrogen-bond acceptors (Lipinski definition) is 4. The van der Waals surface area contributed by atoms with Crippen molar-refractivity contribution in [3.8, 4) is 0 Å². The summed E-state index contributed by atoms with van der Waals surface area (Å²) in [7, 11) is -0.480. The van der Waals surface area contributed by atoms with E-state index >= 15 is 0 Å². The molecule has 1 heterocycles. The van der Waals surface area contributed by atoms with E-state index in [2.05, 4.69) is 10.3 Å². The third kappa shape index (κ3) is 4.61. The van der Waals surface area contributed by atoms with Gasteiger partial charge in [0.05, 0.1) is 11.3 Å². The van der Waals surface area contributed by atoms with Crippen molar-refractivity contribution in [2.45, 2.75) is 17.9 Å². The summed E-state index contributed by atoms with van der Waals surface area (Å²) in [5.74, 6) is -0.128. The molecule has 0 fully saturated rings. The Morgan fingerprint density at radius 3 is 2.39 bits per heavy atom. The molecule has 0 aliphatic rings. The van der Waals surface area contributed by atoms with Crippen LogP contribution in [0.2, 0.25) is 0 Å². The second-order valence-electron chi connectivity index (χ2n) is 5.25. The number of sulfonamides is 1. The van der Waals surface area contributed by atoms with E-state index < -0.39 is 10.0 Å². The van der Waals surface area contributed by atoms with Gasteiger partial charge in [0.2, 0.25) is 15.9 Å². The minimum Gasteiger partial charge on any atom is -0.352 e. The van der Waals surface area contributed by atoms with Gasteiger partial charge in [-0.25, -0.2) is 12.7 Å². The van der Waals surface area contributed by atoms with Crippen molar-refractivity contribution in [3.05, 3.63) is 59.9 Å². The van der Waals surface area contributed by atoms with Crippen molar-refractivity contribution in [2.75, 3.05) is 14.1 Å². The number of hydrogen-bond donors (Lipinski definition) is 1. The normalized spacial score (nSPS) is 11.4. The molecule has 1 aromatic heterocycles. The molecule has 6 nitrogen and oxygen atoms in total. The monoisotopic (exact) mass is 333 g/mol. The van der Waals surface area contributed by atoms with Crippen molar-refractivity contribution in [2.24, 2.45) is 0 Å². The molecule has 7 heteroatoms. The average molecular weight is 333 g/mol. The number of nitrogens with zero attached hydrogens (tertiary/aromatic N) is 2. The van der Waals surface area contributed by atoms with Gasteiger partial charge in [-0.3, -0.25) is 9.78 Å². The maximum atomic E-state index is 12.0. The van der Waals surface area contributed by atoms with Crippen molar-refractivity contribution < 1.29 is 13.2 Å². The lowest BCUT2D eigenvalue weighted by Crippen LogP contribution is -2.24. The maximum Gasteiger partial charge on any atom is 0.242 e. The summed E-state index contributed by atoms with van der Waals surface area (Å²) in [6, 6.07) is 10.0. The summed E-state index contributed by atoms with van der Waals surface area (Å²) in [6.07, 6.45) is 3.57. The lowest BCUT2D eigenvalue weighted by atomic mass is 10.1. The predicted octanol–water partition coefficient (Wildman–Crippen LogP) is 1.19. The highest BCUT2D eigenvalue weighted by Crippen LogP contribution is 2.14. The Morgan fingerprint density at radius 2 is 1.83 bits per heavy atom. The molecule has 2 rings (SSSR count). The third-order valence-corrected chi connectivity index (χ3v) is 5.11. The minimum atomic E-state index is -3.44. The summed E-state index contributed by atoms with van der Waals surface area (Å²) >= 11 is 0. The quantitative estimate of drug-likeness (QED) is 0.861. The van der Waals surface area contributed by atoms with E-state index in [1.165, 1.54) is 26.2 Å². The first kappa shape index (κ1) is 17.1. The molecule has 0 bridgehead atoms. The SMILES string of the molecule is CN(C)S(=O)(=O)c1ccc(CC(=O)NCc2cccnc2)cc1. The van der Waals surface area contributed by atoms with Crippen LogP contribution in [0.15, 0.2) is 53.7 Å². The molecule has 0 unspecified atom stereocenters. The predicted molar refractivity (Wildman–Crippen MR) is 87.1 cm³/mol. The Morgan fingerprint density at radius 1 is 1.13 bits per heavy atom. The van der Waals surface area contributed by atoms with Gasteiger partial charge in [-0.2, -0.15) is 0 Å². The Bertz CT molecular complexity index is 757. The van der Waals surface area contributed by atoms with E-state index in [1.54, 1.807) is 24.5 Å². The first-order valence-corrected chi connectivity index (χ1v) is 8.50. The number of pyridine rings is 1. The fourth-order valence-electron chi connectivity index (χ4n) is 1.94. The summed E-state index contributed by atoms with van der Waals surface area (Å²) in [5, 5.41) is 2.81. The number of rotatable bonds is 6. The van der Waals surface area contributed by atoms with Crippen LogP contribution in [0, 0.1) is 0 Å². The van der Waals surface area contributed by atoms with E-state index in [1.807, 2.05) is 12.1 Å². The molecule has 1 aromatic carbocycles. The van der Waals surface area contributed by atoms with Gasteiger partial charge >= 0.3 is 0 Å². The first-order valence-electron chi connectivity index (χ1n) is 7.06. The maximum absolute atomic E-state index is 12.0. The van der Waals surface area contributed by atoms with E-state index in [9.17, 15) is 13.2 Å². The van der Waals surface area contributed by atoms with Crippen LogP contribution in [-0.4, -0.2) is 37.7 Å². The van der Waals surface area contributed by atoms with E-state index in [4.69, 9.17) is 0 Å². The fourth-order valence-corrected chi connectivity index (χ4v) is 2.84. The summed E-state index contributed by atoms with van der Waals surface area (Å²) < 4.78 is 25.1. The molecule has 122 valence electrons. The van der Waals surface area contributed by atoms with Gasteiger partial charge < -0.3 is 5.32 Å². The van der Waals surface area contributed by atoms with Gasteiger partial charge in [-0.1, -0.05) is 18.2 Å². The molecule has 0 saturated heterocycles. The van der Waals surface area contributed by atoms with Crippen molar-refractivity contribution in [1.82, 2.24) is 14.6 Å². The van der Waals surface area contributed by atoms with Crippen LogP contribution < -0.4 is 5.32 Å². The number of carbonyl (C=O) groups is 1.